The molecule has 0 aromatic heterocycles. The van der Waals surface area contributed by atoms with Gasteiger partial charge in [-0.05, 0) is 23.8 Å². The largest absolute Gasteiger partial charge is 0.543 e. The Hall–Kier alpha value is -2.23. The van der Waals surface area contributed by atoms with Gasteiger partial charge in [0.1, 0.15) is 11.4 Å². The first-order chi connectivity index (χ1) is 15.4. The first-order valence-corrected chi connectivity index (χ1v) is 12.8. The molecule has 32 heavy (non-hydrogen) atoms. The van der Waals surface area contributed by atoms with Crippen molar-refractivity contribution in [1.82, 2.24) is 10.2 Å². The molecule has 0 saturated carbocycles. The predicted octanol–water partition coefficient (Wildman–Crippen LogP) is 0.979. The molecule has 2 saturated heterocycles. The number of nitrogens with one attached hydrogen (secondary N) is 1. The van der Waals surface area contributed by atoms with Gasteiger partial charge in [0.15, 0.2) is 0 Å². The van der Waals surface area contributed by atoms with Crippen LogP contribution in [0, 0.1) is 0 Å². The molecule has 0 radical (unpaired) electrons. The van der Waals surface area contributed by atoms with E-state index in [2.05, 4.69) is 12.4 Å². The number of carboxylic acid groups (broad SMARTS) is 1. The van der Waals surface area contributed by atoms with Gasteiger partial charge in [0, 0.05) is 23.5 Å². The maximum Gasteiger partial charge on any atom is 0.253 e. The minimum atomic E-state index is -1.35. The average Bonchev–Trinajstić information content (AvgIpc) is 3.22. The lowest BCUT2D eigenvalue weighted by Gasteiger charge is -2.50. The van der Waals surface area contributed by atoms with Crippen LogP contribution >= 0.6 is 23.5 Å². The van der Waals surface area contributed by atoms with Crippen LogP contribution in [-0.4, -0.2) is 76.8 Å². The number of aliphatic carboxylic acids is 1. The molecule has 1 aromatic rings. The zero-order valence-corrected chi connectivity index (χ0v) is 19.6. The number of amides is 2. The number of rotatable bonds is 8. The molecule has 2 atom stereocenters. The van der Waals surface area contributed by atoms with E-state index in [-0.39, 0.29) is 17.4 Å². The SMILES string of the molecule is C[N+]1(CC=CC2=C(C(=O)[O-])N3C(=O)[C@@H](NC(=O)CSc4ccccc4)[C@H]3SC2)CCCC1. The minimum Gasteiger partial charge on any atom is -0.543 e. The van der Waals surface area contributed by atoms with Crippen LogP contribution in [0.2, 0.25) is 0 Å². The number of nitrogens with zero attached hydrogens (tertiary/aromatic N) is 2. The highest BCUT2D eigenvalue weighted by Gasteiger charge is 2.52. The zero-order valence-electron chi connectivity index (χ0n) is 18.0. The fourth-order valence-corrected chi connectivity index (χ4v) is 6.42. The van der Waals surface area contributed by atoms with Crippen molar-refractivity contribution in [2.75, 3.05) is 38.2 Å². The monoisotopic (exact) mass is 473 g/mol. The third-order valence-electron chi connectivity index (χ3n) is 6.13. The van der Waals surface area contributed by atoms with E-state index in [9.17, 15) is 19.5 Å². The third kappa shape index (κ3) is 4.89. The first-order valence-electron chi connectivity index (χ1n) is 10.7. The highest BCUT2D eigenvalue weighted by molar-refractivity contribution is 8.00. The summed E-state index contributed by atoms with van der Waals surface area (Å²) in [6.45, 7) is 3.09. The molecule has 0 spiro atoms. The second-order valence-corrected chi connectivity index (χ2v) is 10.7. The topological polar surface area (TPSA) is 89.5 Å². The maximum atomic E-state index is 12.7. The van der Waals surface area contributed by atoms with Crippen LogP contribution in [0.5, 0.6) is 0 Å². The molecule has 0 unspecified atom stereocenters. The predicted molar refractivity (Wildman–Crippen MR) is 123 cm³/mol. The fourth-order valence-electron chi connectivity index (χ4n) is 4.37. The average molecular weight is 474 g/mol. The van der Waals surface area contributed by atoms with Crippen molar-refractivity contribution >= 4 is 41.3 Å². The van der Waals surface area contributed by atoms with Crippen molar-refractivity contribution in [2.24, 2.45) is 0 Å². The molecule has 2 amide bonds. The Morgan fingerprint density at radius 1 is 1.28 bits per heavy atom. The van der Waals surface area contributed by atoms with Gasteiger partial charge in [-0.25, -0.2) is 0 Å². The molecule has 3 aliphatic heterocycles. The number of thioether (sulfide) groups is 2. The Kier molecular flexibility index (Phi) is 6.97. The van der Waals surface area contributed by atoms with Crippen LogP contribution in [0.15, 0.2) is 58.6 Å². The number of carbonyl (C=O) groups excluding carboxylic acids is 3. The lowest BCUT2D eigenvalue weighted by atomic mass is 10.0. The van der Waals surface area contributed by atoms with Crippen LogP contribution in [0.1, 0.15) is 12.8 Å². The second kappa shape index (κ2) is 9.72. The van der Waals surface area contributed by atoms with Gasteiger partial charge in [-0.3, -0.25) is 14.5 Å². The smallest absolute Gasteiger partial charge is 0.253 e. The van der Waals surface area contributed by atoms with Gasteiger partial charge in [-0.2, -0.15) is 0 Å². The molecule has 7 nitrogen and oxygen atoms in total. The van der Waals surface area contributed by atoms with E-state index < -0.39 is 23.3 Å². The molecule has 0 bridgehead atoms. The van der Waals surface area contributed by atoms with Crippen LogP contribution in [0.25, 0.3) is 0 Å². The highest BCUT2D eigenvalue weighted by atomic mass is 32.2. The lowest BCUT2D eigenvalue weighted by molar-refractivity contribution is -0.891. The van der Waals surface area contributed by atoms with Gasteiger partial charge in [0.05, 0.1) is 44.1 Å². The molecule has 2 fully saturated rings. The Bertz CT molecular complexity index is 957. The highest BCUT2D eigenvalue weighted by Crippen LogP contribution is 2.40. The molecule has 3 aliphatic rings. The van der Waals surface area contributed by atoms with Crippen LogP contribution in [0.3, 0.4) is 0 Å². The summed E-state index contributed by atoms with van der Waals surface area (Å²) in [5.74, 6) is -1.34. The number of likely N-dealkylation sites (tertiary alicyclic amines) is 1. The Balaban J connectivity index is 1.38. The van der Waals surface area contributed by atoms with E-state index in [1.807, 2.05) is 42.5 Å². The molecule has 3 heterocycles. The molecular formula is C23H27N3O4S2. The summed E-state index contributed by atoms with van der Waals surface area (Å²) in [5.41, 5.74) is 0.526. The number of hydrogen-bond donors (Lipinski definition) is 1. The summed E-state index contributed by atoms with van der Waals surface area (Å²) < 4.78 is 0.956. The summed E-state index contributed by atoms with van der Waals surface area (Å²) in [4.78, 5) is 39.2. The van der Waals surface area contributed by atoms with E-state index in [1.54, 1.807) is 0 Å². The number of allylic oxidation sites excluding steroid dienone is 1. The third-order valence-corrected chi connectivity index (χ3v) is 8.45. The number of benzene rings is 1. The van der Waals surface area contributed by atoms with Crippen molar-refractivity contribution in [3.05, 3.63) is 53.8 Å². The van der Waals surface area contributed by atoms with Crippen molar-refractivity contribution in [3.8, 4) is 0 Å². The summed E-state index contributed by atoms with van der Waals surface area (Å²) in [5, 5.41) is 14.2. The van der Waals surface area contributed by atoms with Gasteiger partial charge < -0.3 is 19.7 Å². The molecule has 1 N–H and O–H groups in total. The maximum absolute atomic E-state index is 12.7. The molecular weight excluding hydrogens is 446 g/mol. The summed E-state index contributed by atoms with van der Waals surface area (Å²) in [6.07, 6.45) is 6.27. The number of carboxylic acids is 1. The quantitative estimate of drug-likeness (QED) is 0.344. The van der Waals surface area contributed by atoms with Crippen LogP contribution in [0.4, 0.5) is 0 Å². The Morgan fingerprint density at radius 3 is 2.69 bits per heavy atom. The van der Waals surface area contributed by atoms with E-state index in [4.69, 9.17) is 0 Å². The number of quaternary nitrogens is 1. The van der Waals surface area contributed by atoms with Gasteiger partial charge in [-0.15, -0.1) is 23.5 Å². The van der Waals surface area contributed by atoms with Crippen LogP contribution in [-0.2, 0) is 14.4 Å². The standard InChI is InChI=1S/C23H27N3O4S2/c1-26(11-5-6-12-26)13-7-8-16-14-32-22-19(21(28)25(22)20(16)23(29)30)24-18(27)15-31-17-9-3-2-4-10-17/h2-4,7-10,19,22H,5-6,11-15H2,1H3,(H-,24,27,29,30)/t19-,22-/m1/s1. The molecule has 170 valence electrons. The van der Waals surface area contributed by atoms with Crippen molar-refractivity contribution in [2.45, 2.75) is 29.2 Å². The number of carbonyl (C=O) groups is 3. The molecule has 1 aromatic carbocycles. The number of hydrogen-bond acceptors (Lipinski definition) is 6. The number of fused-ring (bicyclic) bond motifs is 1. The summed E-state index contributed by atoms with van der Waals surface area (Å²) in [7, 11) is 2.21. The Morgan fingerprint density at radius 2 is 2.00 bits per heavy atom. The van der Waals surface area contributed by atoms with Gasteiger partial charge in [-0.1, -0.05) is 24.3 Å². The summed E-state index contributed by atoms with van der Waals surface area (Å²) in [6, 6.07) is 8.84. The molecule has 4 rings (SSSR count). The van der Waals surface area contributed by atoms with Crippen molar-refractivity contribution in [1.29, 1.82) is 0 Å². The number of β-lactam (4-membered cyclic amide) rings is 1. The van der Waals surface area contributed by atoms with Gasteiger partial charge in [0.25, 0.3) is 5.91 Å². The molecule has 0 aliphatic carbocycles. The fraction of sp³-hybridized carbons (Fsp3) is 0.435. The van der Waals surface area contributed by atoms with Crippen molar-refractivity contribution < 1.29 is 24.0 Å². The van der Waals surface area contributed by atoms with Crippen molar-refractivity contribution in [3.63, 3.8) is 0 Å². The number of likely N-dealkylation sites (N-methyl/N-ethyl adjacent to an activating group) is 1. The van der Waals surface area contributed by atoms with Gasteiger partial charge >= 0.3 is 0 Å². The molecule has 9 heteroatoms. The first kappa shape index (κ1) is 22.9. The van der Waals surface area contributed by atoms with Gasteiger partial charge in [0.2, 0.25) is 5.91 Å². The van der Waals surface area contributed by atoms with Crippen LogP contribution < -0.4 is 10.4 Å². The Labute approximate surface area is 196 Å². The summed E-state index contributed by atoms with van der Waals surface area (Å²) >= 11 is 2.86. The minimum absolute atomic E-state index is 0.0664. The lowest BCUT2D eigenvalue weighted by Crippen LogP contribution is -2.71. The van der Waals surface area contributed by atoms with E-state index in [0.717, 1.165) is 29.0 Å². The second-order valence-electron chi connectivity index (χ2n) is 8.58. The van der Waals surface area contributed by atoms with E-state index >= 15 is 0 Å². The normalized spacial score (nSPS) is 24.4. The zero-order chi connectivity index (χ0) is 22.7. The van der Waals surface area contributed by atoms with E-state index in [1.165, 1.54) is 41.3 Å². The van der Waals surface area contributed by atoms with E-state index in [0.29, 0.717) is 11.3 Å².